The minimum atomic E-state index is -0.396. The lowest BCUT2D eigenvalue weighted by atomic mass is 10.2. The number of fused-ring (bicyclic) bond motifs is 1. The topological polar surface area (TPSA) is 78.6 Å². The van der Waals surface area contributed by atoms with Crippen molar-refractivity contribution in [2.45, 2.75) is 11.7 Å². The lowest BCUT2D eigenvalue weighted by Gasteiger charge is -2.00. The van der Waals surface area contributed by atoms with Gasteiger partial charge in [0.25, 0.3) is 5.16 Å². The molecule has 0 aliphatic carbocycles. The minimum Gasteiger partial charge on any atom is -0.481 e. The number of benzene rings is 1. The monoisotopic (exact) mass is 357 g/mol. The van der Waals surface area contributed by atoms with E-state index in [-0.39, 0.29) is 0 Å². The minimum absolute atomic E-state index is 0.396. The Morgan fingerprint density at radius 1 is 1.17 bits per heavy atom. The molecular weight excluding hydrogens is 344 g/mol. The van der Waals surface area contributed by atoms with Gasteiger partial charge in [-0.3, -0.25) is 0 Å². The Bertz CT molecular complexity index is 968. The second-order valence-corrected chi connectivity index (χ2v) is 7.97. The number of hydrogen-bond acceptors (Lipinski definition) is 7. The van der Waals surface area contributed by atoms with Crippen molar-refractivity contribution >= 4 is 31.5 Å². The Morgan fingerprint density at radius 2 is 2.04 bits per heavy atom. The summed E-state index contributed by atoms with van der Waals surface area (Å²) in [6, 6.07) is 13.9. The molecule has 0 saturated heterocycles. The molecule has 4 aromatic rings. The summed E-state index contributed by atoms with van der Waals surface area (Å²) in [5, 5.41) is 15.8. The van der Waals surface area contributed by atoms with Gasteiger partial charge in [-0.15, -0.1) is 0 Å². The Kier molecular flexibility index (Phi) is 4.09. The first-order chi connectivity index (χ1) is 11.8. The zero-order chi connectivity index (χ0) is 16.4. The summed E-state index contributed by atoms with van der Waals surface area (Å²) in [6.07, 6.45) is 0. The number of nitrogens with zero attached hydrogens (tertiary/aromatic N) is 6. The molecule has 0 spiro atoms. The van der Waals surface area contributed by atoms with Gasteiger partial charge in [0.1, 0.15) is 0 Å². The van der Waals surface area contributed by atoms with Crippen molar-refractivity contribution in [3.63, 3.8) is 0 Å². The summed E-state index contributed by atoms with van der Waals surface area (Å²) in [7, 11) is 2.73. The van der Waals surface area contributed by atoms with Crippen molar-refractivity contribution in [3.8, 4) is 5.88 Å². The van der Waals surface area contributed by atoms with Crippen LogP contribution in [0.5, 0.6) is 5.88 Å². The van der Waals surface area contributed by atoms with Gasteiger partial charge in [-0.1, -0.05) is 35.4 Å². The Labute approximate surface area is 144 Å². The molecule has 0 bridgehead atoms. The molecule has 3 aromatic heterocycles. The maximum atomic E-state index is 5.14. The normalized spacial score (nSPS) is 11.8. The van der Waals surface area contributed by atoms with Crippen LogP contribution in [0.1, 0.15) is 5.56 Å². The van der Waals surface area contributed by atoms with E-state index in [0.717, 1.165) is 16.1 Å². The molecule has 1 unspecified atom stereocenters. The SMILES string of the molecule is COc1ccc2c[s+](Sc3nnnn3Cc3ccccc3)nc2n1. The zero-order valence-corrected chi connectivity index (χ0v) is 14.4. The highest BCUT2D eigenvalue weighted by Gasteiger charge is 2.21. The quantitative estimate of drug-likeness (QED) is 0.401. The largest absolute Gasteiger partial charge is 0.481 e. The van der Waals surface area contributed by atoms with E-state index in [1.165, 1.54) is 10.8 Å². The summed E-state index contributed by atoms with van der Waals surface area (Å²) in [4.78, 5) is 4.36. The number of pyridine rings is 1. The number of ether oxygens (including phenoxy) is 1. The van der Waals surface area contributed by atoms with Gasteiger partial charge in [0.2, 0.25) is 22.3 Å². The third kappa shape index (κ3) is 3.08. The highest BCUT2D eigenvalue weighted by molar-refractivity contribution is 8.44. The molecule has 3 heterocycles. The maximum absolute atomic E-state index is 5.14. The molecule has 0 aliphatic rings. The lowest BCUT2D eigenvalue weighted by Crippen LogP contribution is -2.03. The van der Waals surface area contributed by atoms with Crippen molar-refractivity contribution in [3.05, 3.63) is 53.4 Å². The van der Waals surface area contributed by atoms with E-state index in [0.29, 0.717) is 18.1 Å². The molecule has 0 radical (unpaired) electrons. The van der Waals surface area contributed by atoms with E-state index in [1.807, 2.05) is 30.3 Å². The summed E-state index contributed by atoms with van der Waals surface area (Å²) in [6.45, 7) is 0.631. The number of rotatable bonds is 5. The van der Waals surface area contributed by atoms with Crippen LogP contribution in [-0.4, -0.2) is 36.7 Å². The van der Waals surface area contributed by atoms with E-state index in [9.17, 15) is 0 Å². The smallest absolute Gasteiger partial charge is 0.269 e. The van der Waals surface area contributed by atoms with Gasteiger partial charge in [-0.2, -0.15) is 4.98 Å². The first-order valence-electron chi connectivity index (χ1n) is 7.15. The van der Waals surface area contributed by atoms with Crippen molar-refractivity contribution in [1.29, 1.82) is 0 Å². The van der Waals surface area contributed by atoms with Crippen LogP contribution >= 0.6 is 20.5 Å². The van der Waals surface area contributed by atoms with Crippen LogP contribution in [0.4, 0.5) is 0 Å². The molecule has 0 fully saturated rings. The predicted molar refractivity (Wildman–Crippen MR) is 93.2 cm³/mol. The summed E-state index contributed by atoms with van der Waals surface area (Å²) >= 11 is 0. The molecule has 9 heteroatoms. The molecule has 0 aliphatic heterocycles. The molecule has 0 amide bonds. The van der Waals surface area contributed by atoms with E-state index >= 15 is 0 Å². The second-order valence-electron chi connectivity index (χ2n) is 4.94. The van der Waals surface area contributed by atoms with Crippen molar-refractivity contribution in [2.75, 3.05) is 7.11 Å². The van der Waals surface area contributed by atoms with Gasteiger partial charge in [-0.25, -0.2) is 4.68 Å². The van der Waals surface area contributed by atoms with Gasteiger partial charge in [0.05, 0.1) is 19.0 Å². The van der Waals surface area contributed by atoms with Crippen LogP contribution in [0.15, 0.2) is 53.0 Å². The standard InChI is InChI=1S/C15H13N6OS2/c1-22-13-8-7-12-10-24(18-14(12)16-13)23-15-17-19-20-21(15)9-11-5-3-2-4-6-11/h2-8,10H,9H2,1H3/q+1. The van der Waals surface area contributed by atoms with Crippen LogP contribution in [0.3, 0.4) is 0 Å². The zero-order valence-electron chi connectivity index (χ0n) is 12.7. The molecule has 1 atom stereocenters. The van der Waals surface area contributed by atoms with Gasteiger partial charge in [0.15, 0.2) is 15.1 Å². The molecule has 24 heavy (non-hydrogen) atoms. The Hall–Kier alpha value is -2.52. The van der Waals surface area contributed by atoms with E-state index < -0.39 is 9.70 Å². The maximum Gasteiger partial charge on any atom is 0.269 e. The lowest BCUT2D eigenvalue weighted by molar-refractivity contribution is 0.399. The first kappa shape index (κ1) is 15.0. The third-order valence-electron chi connectivity index (χ3n) is 3.33. The molecular formula is C15H13N6OS2+. The van der Waals surface area contributed by atoms with Gasteiger partial charge >= 0.3 is 0 Å². The van der Waals surface area contributed by atoms with Crippen molar-refractivity contribution in [2.24, 2.45) is 0 Å². The van der Waals surface area contributed by atoms with Crippen LogP contribution < -0.4 is 4.74 Å². The first-order valence-corrected chi connectivity index (χ1v) is 9.73. The molecule has 7 nitrogen and oxygen atoms in total. The Balaban J connectivity index is 1.58. The van der Waals surface area contributed by atoms with Crippen LogP contribution in [-0.2, 0) is 6.54 Å². The third-order valence-corrected chi connectivity index (χ3v) is 6.22. The molecule has 0 N–H and O–H groups in total. The fourth-order valence-electron chi connectivity index (χ4n) is 2.17. The average molecular weight is 357 g/mol. The molecule has 1 aromatic carbocycles. The predicted octanol–water partition coefficient (Wildman–Crippen LogP) is 2.98. The highest BCUT2D eigenvalue weighted by atomic mass is 33.1. The fraction of sp³-hybridized carbons (Fsp3) is 0.133. The number of tetrazole rings is 1. The number of aromatic nitrogens is 6. The van der Waals surface area contributed by atoms with Crippen LogP contribution in [0.2, 0.25) is 0 Å². The summed E-state index contributed by atoms with van der Waals surface area (Å²) < 4.78 is 11.5. The molecule has 0 saturated carbocycles. The van der Waals surface area contributed by atoms with E-state index in [4.69, 9.17) is 4.74 Å². The van der Waals surface area contributed by atoms with Crippen LogP contribution in [0, 0.1) is 0 Å². The average Bonchev–Trinajstić information content (AvgIpc) is 3.21. The van der Waals surface area contributed by atoms with Gasteiger partial charge in [-0.05, 0) is 26.4 Å². The van der Waals surface area contributed by atoms with Crippen molar-refractivity contribution < 1.29 is 4.74 Å². The van der Waals surface area contributed by atoms with Gasteiger partial charge in [0, 0.05) is 6.07 Å². The molecule has 4 rings (SSSR count). The van der Waals surface area contributed by atoms with Crippen molar-refractivity contribution in [1.82, 2.24) is 29.6 Å². The molecule has 120 valence electrons. The number of hydrogen-bond donors (Lipinski definition) is 0. The fourth-order valence-corrected chi connectivity index (χ4v) is 5.03. The summed E-state index contributed by atoms with van der Waals surface area (Å²) in [5.74, 6) is 0.565. The van der Waals surface area contributed by atoms with Crippen LogP contribution in [0.25, 0.3) is 11.0 Å². The summed E-state index contributed by atoms with van der Waals surface area (Å²) in [5.41, 5.74) is 1.85. The van der Waals surface area contributed by atoms with Gasteiger partial charge < -0.3 is 4.74 Å². The Morgan fingerprint density at radius 3 is 2.88 bits per heavy atom. The number of methoxy groups -OCH3 is 1. The van der Waals surface area contributed by atoms with E-state index in [2.05, 4.69) is 42.4 Å². The second kappa shape index (κ2) is 6.54. The highest BCUT2D eigenvalue weighted by Crippen LogP contribution is 2.38. The van der Waals surface area contributed by atoms with E-state index in [1.54, 1.807) is 11.8 Å².